The van der Waals surface area contributed by atoms with E-state index in [2.05, 4.69) is 10.0 Å². The van der Waals surface area contributed by atoms with Crippen molar-refractivity contribution in [2.75, 3.05) is 6.54 Å². The number of nitrogens with zero attached hydrogens (tertiary/aromatic N) is 3. The van der Waals surface area contributed by atoms with Crippen LogP contribution in [0, 0.1) is 0 Å². The summed E-state index contributed by atoms with van der Waals surface area (Å²) in [6.45, 7) is 1.51. The molecule has 0 aromatic heterocycles. The molecule has 1 saturated heterocycles. The van der Waals surface area contributed by atoms with E-state index in [1.54, 1.807) is 6.92 Å². The normalized spacial score (nSPS) is 43.0. The van der Waals surface area contributed by atoms with Gasteiger partial charge in [0, 0.05) is 4.91 Å². The van der Waals surface area contributed by atoms with E-state index in [1.165, 1.54) is 0 Å². The minimum atomic E-state index is -1.27. The fourth-order valence-electron chi connectivity index (χ4n) is 1.40. The minimum absolute atomic E-state index is 0.0637. The van der Waals surface area contributed by atoms with Crippen molar-refractivity contribution in [3.05, 3.63) is 10.4 Å². The maximum Gasteiger partial charge on any atom is 0.111 e. The van der Waals surface area contributed by atoms with Gasteiger partial charge in [-0.25, -0.2) is 0 Å². The molecule has 0 amide bonds. The lowest BCUT2D eigenvalue weighted by Gasteiger charge is -2.38. The lowest BCUT2D eigenvalue weighted by molar-refractivity contribution is -0.213. The molecule has 1 aliphatic heterocycles. The zero-order valence-corrected chi connectivity index (χ0v) is 7.69. The molecular weight excluding hydrogens is 190 g/mol. The number of azide groups is 1. The highest BCUT2D eigenvalue weighted by atomic mass is 16.5. The van der Waals surface area contributed by atoms with E-state index in [4.69, 9.17) is 10.3 Å². The topological polar surface area (TPSA) is 119 Å². The molecular formula is C7H13N3O4. The van der Waals surface area contributed by atoms with Crippen molar-refractivity contribution in [2.24, 2.45) is 5.11 Å². The molecule has 0 aliphatic carbocycles. The molecule has 3 N–H and O–H groups in total. The highest BCUT2D eigenvalue weighted by Gasteiger charge is 2.41. The monoisotopic (exact) mass is 203 g/mol. The molecule has 14 heavy (non-hydrogen) atoms. The summed E-state index contributed by atoms with van der Waals surface area (Å²) in [7, 11) is 0. The van der Waals surface area contributed by atoms with Gasteiger partial charge in [0.2, 0.25) is 0 Å². The molecule has 0 aromatic rings. The Morgan fingerprint density at radius 3 is 2.50 bits per heavy atom. The molecule has 0 radical (unpaired) electrons. The van der Waals surface area contributed by atoms with Crippen LogP contribution in [0.2, 0.25) is 0 Å². The molecule has 0 aromatic carbocycles. The second kappa shape index (κ2) is 4.59. The molecule has 0 bridgehead atoms. The lowest BCUT2D eigenvalue weighted by atomic mass is 9.96. The molecule has 1 fully saturated rings. The summed E-state index contributed by atoms with van der Waals surface area (Å²) >= 11 is 0. The van der Waals surface area contributed by atoms with Crippen molar-refractivity contribution in [1.29, 1.82) is 0 Å². The van der Waals surface area contributed by atoms with Gasteiger partial charge >= 0.3 is 0 Å². The standard InChI is InChI=1S/C7H13N3O4/c1-3-5(11)7(13)6(12)4(14-3)2-9-10-8/h3-7,11-13H,2H2,1H3/t3?,4?,5?,6-,7+/m0/s1. The van der Waals surface area contributed by atoms with Crippen LogP contribution in [-0.2, 0) is 4.74 Å². The van der Waals surface area contributed by atoms with E-state index in [-0.39, 0.29) is 6.54 Å². The number of rotatable bonds is 2. The Labute approximate surface area is 80.6 Å². The number of hydrogen-bond donors (Lipinski definition) is 3. The summed E-state index contributed by atoms with van der Waals surface area (Å²) < 4.78 is 5.16. The maximum absolute atomic E-state index is 9.43. The Morgan fingerprint density at radius 1 is 1.29 bits per heavy atom. The second-order valence-corrected chi connectivity index (χ2v) is 3.26. The van der Waals surface area contributed by atoms with Gasteiger partial charge in [0.1, 0.15) is 18.3 Å². The molecule has 7 heteroatoms. The van der Waals surface area contributed by atoms with Crippen LogP contribution in [0.1, 0.15) is 6.92 Å². The van der Waals surface area contributed by atoms with Crippen LogP contribution in [0.15, 0.2) is 5.11 Å². The predicted octanol–water partition coefficient (Wildman–Crippen LogP) is -0.833. The SMILES string of the molecule is CC1OC(CN=[N+]=[N-])[C@H](O)[C@H](O)C1O. The van der Waals surface area contributed by atoms with E-state index in [1.807, 2.05) is 0 Å². The summed E-state index contributed by atoms with van der Waals surface area (Å²) in [5, 5.41) is 31.4. The second-order valence-electron chi connectivity index (χ2n) is 3.26. The first-order valence-electron chi connectivity index (χ1n) is 4.28. The van der Waals surface area contributed by atoms with Crippen LogP contribution in [0.25, 0.3) is 10.4 Å². The lowest BCUT2D eigenvalue weighted by Crippen LogP contribution is -2.57. The summed E-state index contributed by atoms with van der Waals surface area (Å²) in [5.74, 6) is 0. The van der Waals surface area contributed by atoms with E-state index >= 15 is 0 Å². The summed E-state index contributed by atoms with van der Waals surface area (Å²) in [4.78, 5) is 2.52. The average molecular weight is 203 g/mol. The highest BCUT2D eigenvalue weighted by molar-refractivity contribution is 4.91. The number of aliphatic hydroxyl groups is 3. The third kappa shape index (κ3) is 2.14. The van der Waals surface area contributed by atoms with Crippen molar-refractivity contribution in [3.63, 3.8) is 0 Å². The van der Waals surface area contributed by atoms with Crippen molar-refractivity contribution in [2.45, 2.75) is 37.4 Å². The maximum atomic E-state index is 9.43. The first kappa shape index (κ1) is 11.2. The number of aliphatic hydroxyl groups excluding tert-OH is 3. The zero-order chi connectivity index (χ0) is 10.7. The van der Waals surface area contributed by atoms with Gasteiger partial charge < -0.3 is 20.1 Å². The van der Waals surface area contributed by atoms with Gasteiger partial charge in [-0.2, -0.15) is 0 Å². The van der Waals surface area contributed by atoms with E-state index in [9.17, 15) is 15.3 Å². The van der Waals surface area contributed by atoms with E-state index in [0.717, 1.165) is 0 Å². The Hall–Kier alpha value is -0.850. The Balaban J connectivity index is 2.64. The van der Waals surface area contributed by atoms with Crippen molar-refractivity contribution in [1.82, 2.24) is 0 Å². The molecule has 0 saturated carbocycles. The van der Waals surface area contributed by atoms with Crippen LogP contribution in [-0.4, -0.2) is 52.4 Å². The third-order valence-electron chi connectivity index (χ3n) is 2.28. The third-order valence-corrected chi connectivity index (χ3v) is 2.28. The summed E-state index contributed by atoms with van der Waals surface area (Å²) in [6, 6.07) is 0. The van der Waals surface area contributed by atoms with E-state index in [0.29, 0.717) is 0 Å². The predicted molar refractivity (Wildman–Crippen MR) is 46.4 cm³/mol. The quantitative estimate of drug-likeness (QED) is 0.308. The average Bonchev–Trinajstić information content (AvgIpc) is 2.18. The van der Waals surface area contributed by atoms with Crippen molar-refractivity contribution in [3.8, 4) is 0 Å². The van der Waals surface area contributed by atoms with Crippen LogP contribution in [0.5, 0.6) is 0 Å². The van der Waals surface area contributed by atoms with Gasteiger partial charge in [-0.15, -0.1) is 0 Å². The van der Waals surface area contributed by atoms with Gasteiger partial charge in [-0.3, -0.25) is 0 Å². The molecule has 80 valence electrons. The largest absolute Gasteiger partial charge is 0.388 e. The highest BCUT2D eigenvalue weighted by Crippen LogP contribution is 2.20. The summed E-state index contributed by atoms with van der Waals surface area (Å²) in [6.07, 6.45) is -4.97. The zero-order valence-electron chi connectivity index (χ0n) is 7.69. The molecule has 7 nitrogen and oxygen atoms in total. The minimum Gasteiger partial charge on any atom is -0.388 e. The molecule has 1 aliphatic rings. The van der Waals surface area contributed by atoms with Crippen molar-refractivity contribution < 1.29 is 20.1 Å². The first-order chi connectivity index (χ1) is 6.57. The molecule has 1 heterocycles. The van der Waals surface area contributed by atoms with Gasteiger partial charge in [-0.05, 0) is 12.5 Å². The van der Waals surface area contributed by atoms with Gasteiger partial charge in [0.05, 0.1) is 18.8 Å². The van der Waals surface area contributed by atoms with Gasteiger partial charge in [-0.1, -0.05) is 5.11 Å². The first-order valence-corrected chi connectivity index (χ1v) is 4.28. The van der Waals surface area contributed by atoms with Gasteiger partial charge in [0.25, 0.3) is 0 Å². The summed E-state index contributed by atoms with van der Waals surface area (Å²) in [5.41, 5.74) is 8.08. The Kier molecular flexibility index (Phi) is 3.68. The molecule has 5 atom stereocenters. The Bertz CT molecular complexity index is 243. The number of ether oxygens (including phenoxy) is 1. The molecule has 1 rings (SSSR count). The fourth-order valence-corrected chi connectivity index (χ4v) is 1.40. The van der Waals surface area contributed by atoms with Crippen molar-refractivity contribution >= 4 is 0 Å². The fraction of sp³-hybridized carbons (Fsp3) is 1.00. The smallest absolute Gasteiger partial charge is 0.111 e. The van der Waals surface area contributed by atoms with Crippen LogP contribution in [0.4, 0.5) is 0 Å². The Morgan fingerprint density at radius 2 is 1.93 bits per heavy atom. The van der Waals surface area contributed by atoms with Crippen LogP contribution >= 0.6 is 0 Å². The van der Waals surface area contributed by atoms with E-state index < -0.39 is 30.5 Å². The molecule has 0 spiro atoms. The van der Waals surface area contributed by atoms with Gasteiger partial charge in [0.15, 0.2) is 0 Å². The van der Waals surface area contributed by atoms with Crippen LogP contribution in [0.3, 0.4) is 0 Å². The number of hydrogen-bond acceptors (Lipinski definition) is 5. The molecule has 3 unspecified atom stereocenters. The van der Waals surface area contributed by atoms with Crippen LogP contribution < -0.4 is 0 Å².